The highest BCUT2D eigenvalue weighted by molar-refractivity contribution is 6.37. The van der Waals surface area contributed by atoms with Gasteiger partial charge in [-0.05, 0) is 64.9 Å². The van der Waals surface area contributed by atoms with E-state index in [0.29, 0.717) is 0 Å². The van der Waals surface area contributed by atoms with E-state index in [-0.39, 0.29) is 0 Å². The van der Waals surface area contributed by atoms with Crippen molar-refractivity contribution in [3.05, 3.63) is 138 Å². The second kappa shape index (κ2) is 10.2. The lowest BCUT2D eigenvalue weighted by atomic mass is 9.96. The lowest BCUT2D eigenvalue weighted by Crippen LogP contribution is -2.04. The maximum absolute atomic E-state index is 6.91. The van der Waals surface area contributed by atoms with Crippen LogP contribution >= 0.6 is 0 Å². The van der Waals surface area contributed by atoms with Crippen LogP contribution in [-0.4, -0.2) is 17.5 Å². The van der Waals surface area contributed by atoms with Gasteiger partial charge in [-0.3, -0.25) is 9.98 Å². The Kier molecular flexibility index (Phi) is 5.82. The second-order valence-corrected chi connectivity index (χ2v) is 11.7. The zero-order chi connectivity index (χ0) is 29.9. The van der Waals surface area contributed by atoms with Gasteiger partial charge in [0, 0.05) is 39.9 Å². The Morgan fingerprint density at radius 1 is 0.689 bits per heavy atom. The minimum absolute atomic E-state index is 0.757. The van der Waals surface area contributed by atoms with Crippen molar-refractivity contribution in [1.29, 1.82) is 0 Å². The van der Waals surface area contributed by atoms with Crippen LogP contribution in [0.3, 0.4) is 0 Å². The molecule has 1 aliphatic carbocycles. The number of aromatic nitrogens is 1. The molecule has 0 atom stereocenters. The van der Waals surface area contributed by atoms with Gasteiger partial charge in [-0.25, -0.2) is 0 Å². The van der Waals surface area contributed by atoms with E-state index in [9.17, 15) is 0 Å². The zero-order valence-corrected chi connectivity index (χ0v) is 24.7. The molecule has 4 nitrogen and oxygen atoms in total. The van der Waals surface area contributed by atoms with Gasteiger partial charge >= 0.3 is 0 Å². The van der Waals surface area contributed by atoms with E-state index in [0.717, 1.165) is 58.2 Å². The van der Waals surface area contributed by atoms with E-state index >= 15 is 0 Å². The monoisotopic (exact) mass is 579 g/mol. The lowest BCUT2D eigenvalue weighted by Gasteiger charge is -2.18. The second-order valence-electron chi connectivity index (χ2n) is 11.7. The van der Waals surface area contributed by atoms with Gasteiger partial charge < -0.3 is 8.98 Å². The molecule has 0 spiro atoms. The average molecular weight is 580 g/mol. The van der Waals surface area contributed by atoms with Gasteiger partial charge in [-0.2, -0.15) is 0 Å². The van der Waals surface area contributed by atoms with Crippen molar-refractivity contribution in [2.24, 2.45) is 9.98 Å². The van der Waals surface area contributed by atoms with Crippen LogP contribution in [0.5, 0.6) is 0 Å². The summed E-state index contributed by atoms with van der Waals surface area (Å²) >= 11 is 0. The third-order valence-electron chi connectivity index (χ3n) is 9.23. The van der Waals surface area contributed by atoms with Crippen molar-refractivity contribution < 1.29 is 4.42 Å². The van der Waals surface area contributed by atoms with Gasteiger partial charge in [0.1, 0.15) is 5.58 Å². The van der Waals surface area contributed by atoms with E-state index in [4.69, 9.17) is 9.41 Å². The molecule has 1 aliphatic rings. The number of aliphatic imine (C=N–C) groups is 2. The van der Waals surface area contributed by atoms with Gasteiger partial charge in [0.2, 0.25) is 0 Å². The van der Waals surface area contributed by atoms with Crippen LogP contribution in [0.4, 0.5) is 0 Å². The molecule has 0 radical (unpaired) electrons. The Hall–Kier alpha value is -5.74. The van der Waals surface area contributed by atoms with Gasteiger partial charge in [-0.1, -0.05) is 103 Å². The molecular weight excluding hydrogens is 550 g/mol. The SMILES string of the molecule is C=NC1=C(N=CCc2ccccc2)C=C(n2c3ccccc3c3c4ccccc4c4c(oc5ccc6ccccc6c54)c32)CC1. The zero-order valence-electron chi connectivity index (χ0n) is 24.7. The molecule has 0 unspecified atom stereocenters. The Balaban J connectivity index is 1.37. The first-order chi connectivity index (χ1) is 22.3. The molecule has 4 heteroatoms. The number of rotatable bonds is 5. The normalized spacial score (nSPS) is 14.2. The van der Waals surface area contributed by atoms with Crippen LogP contribution in [0.2, 0.25) is 0 Å². The highest BCUT2D eigenvalue weighted by Crippen LogP contribution is 2.47. The molecule has 8 aromatic rings. The molecule has 2 heterocycles. The molecule has 0 saturated carbocycles. The third kappa shape index (κ3) is 3.92. The van der Waals surface area contributed by atoms with Crippen molar-refractivity contribution >= 4 is 83.9 Å². The van der Waals surface area contributed by atoms with Gasteiger partial charge in [0.05, 0.1) is 22.4 Å². The standard InChI is InChI=1S/C41H29N3O/c1-42-33-21-20-28(25-34(33)43-24-23-26-11-3-2-4-12-26)44-35-18-10-9-17-32(35)37-30-15-7-8-16-31(30)39-38-29-14-6-5-13-27(29)19-22-36(38)45-41(39)40(37)44/h2-19,22,24-25H,1,20-21,23H2. The van der Waals surface area contributed by atoms with Gasteiger partial charge in [0.25, 0.3) is 0 Å². The summed E-state index contributed by atoms with van der Waals surface area (Å²) in [4.78, 5) is 9.33. The summed E-state index contributed by atoms with van der Waals surface area (Å²) in [7, 11) is 0. The van der Waals surface area contributed by atoms with Crippen LogP contribution in [0.25, 0.3) is 71.0 Å². The Morgan fingerprint density at radius 3 is 2.22 bits per heavy atom. The Labute approximate surface area is 259 Å². The fraction of sp³-hybridized carbons (Fsp3) is 0.0732. The molecule has 0 N–H and O–H groups in total. The number of allylic oxidation sites excluding steroid dienone is 3. The smallest absolute Gasteiger partial charge is 0.160 e. The first-order valence-corrected chi connectivity index (χ1v) is 15.5. The van der Waals surface area contributed by atoms with Crippen molar-refractivity contribution in [3.63, 3.8) is 0 Å². The Morgan fingerprint density at radius 2 is 1.40 bits per heavy atom. The molecule has 45 heavy (non-hydrogen) atoms. The number of furan rings is 1. The maximum atomic E-state index is 6.91. The molecule has 0 fully saturated rings. The van der Waals surface area contributed by atoms with Crippen LogP contribution in [0.1, 0.15) is 18.4 Å². The summed E-state index contributed by atoms with van der Waals surface area (Å²) in [6, 6.07) is 40.8. The molecule has 9 rings (SSSR count). The van der Waals surface area contributed by atoms with Crippen molar-refractivity contribution in [2.75, 3.05) is 0 Å². The predicted octanol–water partition coefficient (Wildman–Crippen LogP) is 10.9. The summed E-state index contributed by atoms with van der Waals surface area (Å²) in [5.74, 6) is 0. The molecule has 6 aromatic carbocycles. The summed E-state index contributed by atoms with van der Waals surface area (Å²) in [6.07, 6.45) is 6.52. The molecule has 0 bridgehead atoms. The summed E-state index contributed by atoms with van der Waals surface area (Å²) < 4.78 is 9.32. The number of hydrogen-bond acceptors (Lipinski definition) is 3. The molecule has 0 amide bonds. The third-order valence-corrected chi connectivity index (χ3v) is 9.23. The minimum atomic E-state index is 0.757. The average Bonchev–Trinajstić information content (AvgIpc) is 3.66. The summed E-state index contributed by atoms with van der Waals surface area (Å²) in [6.45, 7) is 3.88. The van der Waals surface area contributed by atoms with Crippen molar-refractivity contribution in [1.82, 2.24) is 4.57 Å². The predicted molar refractivity (Wildman–Crippen MR) is 190 cm³/mol. The summed E-state index contributed by atoms with van der Waals surface area (Å²) in [5, 5.41) is 9.60. The first kappa shape index (κ1) is 25.7. The fourth-order valence-corrected chi connectivity index (χ4v) is 7.24. The van der Waals surface area contributed by atoms with E-state index in [1.165, 1.54) is 49.0 Å². The van der Waals surface area contributed by atoms with E-state index in [1.54, 1.807) is 0 Å². The molecule has 0 saturated heterocycles. The summed E-state index contributed by atoms with van der Waals surface area (Å²) in [5.41, 5.74) is 8.25. The number of hydrogen-bond donors (Lipinski definition) is 0. The topological polar surface area (TPSA) is 42.8 Å². The van der Waals surface area contributed by atoms with Crippen molar-refractivity contribution in [2.45, 2.75) is 19.3 Å². The lowest BCUT2D eigenvalue weighted by molar-refractivity contribution is 0.671. The van der Waals surface area contributed by atoms with E-state index in [1.807, 2.05) is 12.3 Å². The van der Waals surface area contributed by atoms with Gasteiger partial charge in [0.15, 0.2) is 5.58 Å². The van der Waals surface area contributed by atoms with Crippen LogP contribution < -0.4 is 0 Å². The molecule has 0 aliphatic heterocycles. The van der Waals surface area contributed by atoms with Crippen LogP contribution in [0, 0.1) is 0 Å². The van der Waals surface area contributed by atoms with Crippen LogP contribution in [0.15, 0.2) is 147 Å². The number of benzene rings is 6. The highest BCUT2D eigenvalue weighted by atomic mass is 16.3. The quantitative estimate of drug-likeness (QED) is 0.187. The van der Waals surface area contributed by atoms with Crippen molar-refractivity contribution in [3.8, 4) is 0 Å². The minimum Gasteiger partial charge on any atom is -0.454 e. The molecular formula is C41H29N3O. The fourth-order valence-electron chi connectivity index (χ4n) is 7.24. The number of fused-ring (bicyclic) bond motifs is 12. The van der Waals surface area contributed by atoms with E-state index in [2.05, 4.69) is 132 Å². The highest BCUT2D eigenvalue weighted by Gasteiger charge is 2.25. The number of nitrogens with zero attached hydrogens (tertiary/aromatic N) is 3. The maximum Gasteiger partial charge on any atom is 0.160 e. The number of para-hydroxylation sites is 1. The van der Waals surface area contributed by atoms with E-state index < -0.39 is 0 Å². The Bertz CT molecular complexity index is 2580. The van der Waals surface area contributed by atoms with Gasteiger partial charge in [-0.15, -0.1) is 0 Å². The molecule has 214 valence electrons. The molecule has 2 aromatic heterocycles. The van der Waals surface area contributed by atoms with Crippen LogP contribution in [-0.2, 0) is 6.42 Å². The first-order valence-electron chi connectivity index (χ1n) is 15.5. The largest absolute Gasteiger partial charge is 0.454 e.